The molecule has 0 N–H and O–H groups in total. The van der Waals surface area contributed by atoms with Gasteiger partial charge in [0.1, 0.15) is 19.3 Å². The summed E-state index contributed by atoms with van der Waals surface area (Å²) in [4.78, 5) is 45.2. The second kappa shape index (κ2) is 22.1. The zero-order valence-electron chi connectivity index (χ0n) is 22.2. The average Bonchev–Trinajstić information content (AvgIpc) is 2.78. The Bertz CT molecular complexity index is 629. The van der Waals surface area contributed by atoms with E-state index >= 15 is 0 Å². The summed E-state index contributed by atoms with van der Waals surface area (Å²) in [5, 5.41) is 0. The van der Waals surface area contributed by atoms with Gasteiger partial charge in [0.2, 0.25) is 0 Å². The van der Waals surface area contributed by atoms with Crippen LogP contribution in [0.3, 0.4) is 0 Å². The predicted molar refractivity (Wildman–Crippen MR) is 134 cm³/mol. The van der Waals surface area contributed by atoms with Gasteiger partial charge in [0.05, 0.1) is 0 Å². The van der Waals surface area contributed by atoms with Crippen molar-refractivity contribution in [2.75, 3.05) is 13.2 Å². The molecule has 2 unspecified atom stereocenters. The highest BCUT2D eigenvalue weighted by atomic mass is 16.6. The molecule has 0 heterocycles. The monoisotopic (exact) mass is 498 g/mol. The normalized spacial score (nSPS) is 12.7. The molecule has 0 aromatic rings. The topological polar surface area (TPSA) is 105 Å². The average molecular weight is 499 g/mol. The Morgan fingerprint density at radius 2 is 1.26 bits per heavy atom. The van der Waals surface area contributed by atoms with Crippen LogP contribution in [0, 0.1) is 0 Å². The van der Waals surface area contributed by atoms with E-state index in [9.17, 15) is 19.2 Å². The lowest BCUT2D eigenvalue weighted by Gasteiger charge is -2.16. The van der Waals surface area contributed by atoms with E-state index in [2.05, 4.69) is 19.1 Å². The molecule has 8 nitrogen and oxygen atoms in total. The van der Waals surface area contributed by atoms with Gasteiger partial charge in [-0.2, -0.15) is 0 Å². The number of unbranched alkanes of at least 4 members (excludes halogenated alkanes) is 8. The highest BCUT2D eigenvalue weighted by Gasteiger charge is 2.16. The molecule has 0 saturated carbocycles. The van der Waals surface area contributed by atoms with E-state index in [0.717, 1.165) is 57.8 Å². The Morgan fingerprint density at radius 1 is 0.657 bits per heavy atom. The summed E-state index contributed by atoms with van der Waals surface area (Å²) in [5.74, 6) is -1.59. The SMILES string of the molecule is CCCCCCC(CC=CCCCCCCCC(=O)OCC(COC(C)=O)OC(C)=O)OC(C)=O. The Kier molecular flexibility index (Phi) is 20.6. The van der Waals surface area contributed by atoms with Gasteiger partial charge in [0.15, 0.2) is 6.10 Å². The van der Waals surface area contributed by atoms with Crippen molar-refractivity contribution in [1.29, 1.82) is 0 Å². The Labute approximate surface area is 211 Å². The third kappa shape index (κ3) is 23.1. The van der Waals surface area contributed by atoms with Gasteiger partial charge in [-0.3, -0.25) is 19.2 Å². The third-order valence-electron chi connectivity index (χ3n) is 5.26. The van der Waals surface area contributed by atoms with Gasteiger partial charge in [-0.25, -0.2) is 0 Å². The molecule has 0 aliphatic rings. The van der Waals surface area contributed by atoms with Crippen LogP contribution in [0.5, 0.6) is 0 Å². The fourth-order valence-electron chi connectivity index (χ4n) is 3.51. The molecule has 0 bridgehead atoms. The standard InChI is InChI=1S/C27H46O8/c1-5-6-7-14-17-25(34-23(3)29)18-15-12-10-8-9-11-13-16-19-27(31)33-21-26(35-24(4)30)20-32-22(2)28/h12,15,25-26H,5-11,13-14,16-21H2,1-4H3. The molecule has 2 atom stereocenters. The molecule has 0 aromatic heterocycles. The van der Waals surface area contributed by atoms with Crippen molar-refractivity contribution in [2.45, 2.75) is 123 Å². The smallest absolute Gasteiger partial charge is 0.305 e. The first-order valence-electron chi connectivity index (χ1n) is 13.0. The van der Waals surface area contributed by atoms with Crippen molar-refractivity contribution in [2.24, 2.45) is 0 Å². The molecule has 0 aliphatic heterocycles. The lowest BCUT2D eigenvalue weighted by atomic mass is 10.1. The highest BCUT2D eigenvalue weighted by molar-refractivity contribution is 5.69. The summed E-state index contributed by atoms with van der Waals surface area (Å²) in [6.45, 7) is 5.88. The molecule has 0 fully saturated rings. The van der Waals surface area contributed by atoms with Crippen LogP contribution in [-0.2, 0) is 38.1 Å². The predicted octanol–water partition coefficient (Wildman–Crippen LogP) is 5.60. The number of rotatable bonds is 21. The van der Waals surface area contributed by atoms with E-state index in [1.165, 1.54) is 40.0 Å². The third-order valence-corrected chi connectivity index (χ3v) is 5.26. The van der Waals surface area contributed by atoms with Crippen LogP contribution < -0.4 is 0 Å². The minimum atomic E-state index is -0.793. The van der Waals surface area contributed by atoms with Crippen LogP contribution in [0.4, 0.5) is 0 Å². The lowest BCUT2D eigenvalue weighted by molar-refractivity contribution is -0.164. The molecule has 0 saturated heterocycles. The van der Waals surface area contributed by atoms with Crippen molar-refractivity contribution >= 4 is 23.9 Å². The number of ether oxygens (including phenoxy) is 4. The van der Waals surface area contributed by atoms with Crippen molar-refractivity contribution in [3.8, 4) is 0 Å². The maximum absolute atomic E-state index is 11.9. The number of esters is 4. The molecule has 0 aromatic carbocycles. The molecular formula is C27H46O8. The number of allylic oxidation sites excluding steroid dienone is 1. The molecular weight excluding hydrogens is 452 g/mol. The maximum atomic E-state index is 11.9. The molecule has 0 rings (SSSR count). The fraction of sp³-hybridized carbons (Fsp3) is 0.778. The second-order valence-corrected chi connectivity index (χ2v) is 8.81. The molecule has 0 amide bonds. The van der Waals surface area contributed by atoms with Gasteiger partial charge in [0.25, 0.3) is 0 Å². The Morgan fingerprint density at radius 3 is 1.91 bits per heavy atom. The molecule has 0 aliphatic carbocycles. The number of carbonyl (C=O) groups is 4. The quantitative estimate of drug-likeness (QED) is 0.0871. The Balaban J connectivity index is 3.88. The first-order valence-corrected chi connectivity index (χ1v) is 13.0. The van der Waals surface area contributed by atoms with E-state index in [1.807, 2.05) is 0 Å². The number of hydrogen-bond acceptors (Lipinski definition) is 8. The molecule has 0 spiro atoms. The largest absolute Gasteiger partial charge is 0.462 e. The van der Waals surface area contributed by atoms with Crippen LogP contribution in [0.25, 0.3) is 0 Å². The lowest BCUT2D eigenvalue weighted by Crippen LogP contribution is -2.29. The molecule has 35 heavy (non-hydrogen) atoms. The first kappa shape index (κ1) is 32.6. The summed E-state index contributed by atoms with van der Waals surface area (Å²) in [7, 11) is 0. The number of carbonyl (C=O) groups excluding carboxylic acids is 4. The zero-order valence-corrected chi connectivity index (χ0v) is 22.2. The van der Waals surface area contributed by atoms with Crippen LogP contribution in [0.2, 0.25) is 0 Å². The summed E-state index contributed by atoms with van der Waals surface area (Å²) in [5.41, 5.74) is 0. The van der Waals surface area contributed by atoms with Gasteiger partial charge in [-0.05, 0) is 32.1 Å². The summed E-state index contributed by atoms with van der Waals surface area (Å²) < 4.78 is 20.4. The molecule has 8 heteroatoms. The van der Waals surface area contributed by atoms with E-state index < -0.39 is 18.0 Å². The van der Waals surface area contributed by atoms with E-state index in [1.54, 1.807) is 0 Å². The molecule has 0 radical (unpaired) electrons. The highest BCUT2D eigenvalue weighted by Crippen LogP contribution is 2.13. The molecule has 202 valence electrons. The minimum Gasteiger partial charge on any atom is -0.462 e. The fourth-order valence-corrected chi connectivity index (χ4v) is 3.51. The van der Waals surface area contributed by atoms with Crippen LogP contribution in [-0.4, -0.2) is 49.3 Å². The second-order valence-electron chi connectivity index (χ2n) is 8.81. The summed E-state index contributed by atoms with van der Waals surface area (Å²) in [6, 6.07) is 0. The van der Waals surface area contributed by atoms with Gasteiger partial charge >= 0.3 is 23.9 Å². The van der Waals surface area contributed by atoms with Gasteiger partial charge in [0, 0.05) is 33.6 Å². The van der Waals surface area contributed by atoms with Gasteiger partial charge in [-0.15, -0.1) is 0 Å². The van der Waals surface area contributed by atoms with Crippen molar-refractivity contribution in [3.63, 3.8) is 0 Å². The minimum absolute atomic E-state index is 0.0219. The maximum Gasteiger partial charge on any atom is 0.305 e. The van der Waals surface area contributed by atoms with Gasteiger partial charge in [-0.1, -0.05) is 57.6 Å². The van der Waals surface area contributed by atoms with E-state index in [-0.39, 0.29) is 31.3 Å². The van der Waals surface area contributed by atoms with Crippen molar-refractivity contribution in [3.05, 3.63) is 12.2 Å². The van der Waals surface area contributed by atoms with Crippen LogP contribution in [0.1, 0.15) is 111 Å². The van der Waals surface area contributed by atoms with Crippen LogP contribution in [0.15, 0.2) is 12.2 Å². The first-order chi connectivity index (χ1) is 16.7. The Hall–Kier alpha value is -2.38. The van der Waals surface area contributed by atoms with Crippen LogP contribution >= 0.6 is 0 Å². The number of hydrogen-bond donors (Lipinski definition) is 0. The van der Waals surface area contributed by atoms with Gasteiger partial charge < -0.3 is 18.9 Å². The van der Waals surface area contributed by atoms with E-state index in [4.69, 9.17) is 18.9 Å². The summed E-state index contributed by atoms with van der Waals surface area (Å²) in [6.07, 6.45) is 16.0. The van der Waals surface area contributed by atoms with Crippen molar-refractivity contribution in [1.82, 2.24) is 0 Å². The van der Waals surface area contributed by atoms with Crippen molar-refractivity contribution < 1.29 is 38.1 Å². The summed E-state index contributed by atoms with van der Waals surface area (Å²) >= 11 is 0. The zero-order chi connectivity index (χ0) is 26.3. The van der Waals surface area contributed by atoms with E-state index in [0.29, 0.717) is 6.42 Å².